The number of ketones is 1. The van der Waals surface area contributed by atoms with Gasteiger partial charge in [-0.05, 0) is 49.6 Å². The summed E-state index contributed by atoms with van der Waals surface area (Å²) in [5.41, 5.74) is 1.39. The Labute approximate surface area is 176 Å². The smallest absolute Gasteiger partial charge is 0.319 e. The van der Waals surface area contributed by atoms with Crippen LogP contribution in [0.2, 0.25) is 0 Å². The van der Waals surface area contributed by atoms with Crippen LogP contribution in [0.3, 0.4) is 0 Å². The van der Waals surface area contributed by atoms with Crippen molar-refractivity contribution in [1.82, 2.24) is 14.8 Å². The van der Waals surface area contributed by atoms with E-state index in [0.717, 1.165) is 17.7 Å². The summed E-state index contributed by atoms with van der Waals surface area (Å²) in [7, 11) is 0. The number of aryl methyl sites for hydroxylation is 1. The number of nitrogens with one attached hydrogen (secondary N) is 1. The Balaban J connectivity index is 1.63. The average molecular weight is 428 g/mol. The van der Waals surface area contributed by atoms with Gasteiger partial charge in [-0.1, -0.05) is 12.1 Å². The zero-order valence-electron chi connectivity index (χ0n) is 16.8. The molecular weight excluding hydrogens is 409 g/mol. The molecule has 0 bridgehead atoms. The van der Waals surface area contributed by atoms with Crippen LogP contribution in [0.25, 0.3) is 0 Å². The topological polar surface area (TPSA) is 76.9 Å². The monoisotopic (exact) mass is 428 g/mol. The molecule has 1 N–H and O–H groups in total. The van der Waals surface area contributed by atoms with Crippen molar-refractivity contribution in [3.8, 4) is 0 Å². The molecule has 31 heavy (non-hydrogen) atoms. The van der Waals surface area contributed by atoms with Crippen LogP contribution in [0.5, 0.6) is 0 Å². The molecule has 0 fully saturated rings. The van der Waals surface area contributed by atoms with E-state index in [4.69, 9.17) is 0 Å². The maximum Gasteiger partial charge on any atom is 0.416 e. The lowest BCUT2D eigenvalue weighted by Crippen LogP contribution is -2.29. The first-order valence-electron chi connectivity index (χ1n) is 9.67. The Morgan fingerprint density at radius 2 is 1.87 bits per heavy atom. The highest BCUT2D eigenvalue weighted by Gasteiger charge is 2.37. The Kier molecular flexibility index (Phi) is 5.12. The van der Waals surface area contributed by atoms with Gasteiger partial charge in [-0.3, -0.25) is 19.3 Å². The van der Waals surface area contributed by atoms with Crippen LogP contribution >= 0.6 is 0 Å². The second kappa shape index (κ2) is 7.64. The van der Waals surface area contributed by atoms with Gasteiger partial charge in [0.25, 0.3) is 5.91 Å². The first kappa shape index (κ1) is 20.8. The molecule has 3 heterocycles. The number of Topliss-reactive ketones (excluding diaryl/α,β-unsaturated/α-hetero) is 1. The number of carbonyl (C=O) groups is 2. The minimum Gasteiger partial charge on any atom is -0.319 e. The predicted octanol–water partition coefficient (Wildman–Crippen LogP) is 4.79. The lowest BCUT2D eigenvalue weighted by molar-refractivity contribution is -0.137. The third-order valence-corrected chi connectivity index (χ3v) is 5.37. The van der Waals surface area contributed by atoms with Crippen LogP contribution in [0, 0.1) is 6.92 Å². The number of anilines is 1. The molecule has 1 amide bonds. The number of benzene rings is 1. The standard InChI is InChI=1S/C22H19F3N4O2/c1-12-7-15(10-26-9-12)21(31)28-18-11-27-29-13(2)8-17(20(30)19(18)29)14-3-5-16(6-4-14)22(23,24)25/h3-7,9-11,13,17H,8H2,1-2H3,(H,28,31)/t13-,17?/m0/s1. The molecular formula is C22H19F3N4O2. The van der Waals surface area contributed by atoms with E-state index in [-0.39, 0.29) is 23.2 Å². The summed E-state index contributed by atoms with van der Waals surface area (Å²) < 4.78 is 40.2. The number of carbonyl (C=O) groups excluding carboxylic acids is 2. The Morgan fingerprint density at radius 1 is 1.16 bits per heavy atom. The largest absolute Gasteiger partial charge is 0.416 e. The second-order valence-corrected chi connectivity index (χ2v) is 7.68. The molecule has 2 aromatic heterocycles. The fourth-order valence-electron chi connectivity index (χ4n) is 3.81. The number of rotatable bonds is 3. The van der Waals surface area contributed by atoms with Gasteiger partial charge in [0.1, 0.15) is 5.69 Å². The van der Waals surface area contributed by atoms with Crippen LogP contribution < -0.4 is 5.32 Å². The van der Waals surface area contributed by atoms with Gasteiger partial charge in [0.05, 0.1) is 35.0 Å². The van der Waals surface area contributed by atoms with Gasteiger partial charge < -0.3 is 5.32 Å². The molecule has 4 rings (SSSR count). The van der Waals surface area contributed by atoms with Crippen LogP contribution in [0.1, 0.15) is 62.8 Å². The van der Waals surface area contributed by atoms with Crippen molar-refractivity contribution in [2.24, 2.45) is 0 Å². The summed E-state index contributed by atoms with van der Waals surface area (Å²) in [6, 6.07) is 6.13. The van der Waals surface area contributed by atoms with E-state index in [0.29, 0.717) is 17.5 Å². The van der Waals surface area contributed by atoms with Gasteiger partial charge in [-0.25, -0.2) is 0 Å². The van der Waals surface area contributed by atoms with Crippen molar-refractivity contribution in [2.75, 3.05) is 5.32 Å². The van der Waals surface area contributed by atoms with Crippen molar-refractivity contribution < 1.29 is 22.8 Å². The van der Waals surface area contributed by atoms with E-state index < -0.39 is 23.6 Å². The van der Waals surface area contributed by atoms with E-state index in [2.05, 4.69) is 15.4 Å². The highest BCUT2D eigenvalue weighted by Crippen LogP contribution is 2.39. The van der Waals surface area contributed by atoms with E-state index in [1.165, 1.54) is 24.5 Å². The lowest BCUT2D eigenvalue weighted by Gasteiger charge is -2.28. The number of fused-ring (bicyclic) bond motifs is 1. The average Bonchev–Trinajstić information content (AvgIpc) is 3.14. The number of alkyl halides is 3. The van der Waals surface area contributed by atoms with Crippen molar-refractivity contribution in [3.05, 3.63) is 76.9 Å². The molecule has 1 aliphatic rings. The Morgan fingerprint density at radius 3 is 2.52 bits per heavy atom. The predicted molar refractivity (Wildman–Crippen MR) is 107 cm³/mol. The van der Waals surface area contributed by atoms with Crippen molar-refractivity contribution in [2.45, 2.75) is 38.4 Å². The number of amides is 1. The van der Waals surface area contributed by atoms with Crippen molar-refractivity contribution >= 4 is 17.4 Å². The molecule has 0 saturated carbocycles. The molecule has 1 aromatic carbocycles. The van der Waals surface area contributed by atoms with E-state index in [9.17, 15) is 22.8 Å². The number of nitrogens with zero attached hydrogens (tertiary/aromatic N) is 3. The molecule has 9 heteroatoms. The molecule has 0 saturated heterocycles. The van der Waals surface area contributed by atoms with Gasteiger partial charge in [0, 0.05) is 12.4 Å². The minimum absolute atomic E-state index is 0.175. The Hall–Kier alpha value is -3.49. The summed E-state index contributed by atoms with van der Waals surface area (Å²) >= 11 is 0. The minimum atomic E-state index is -4.44. The molecule has 0 radical (unpaired) electrons. The van der Waals surface area contributed by atoms with Gasteiger partial charge in [0.15, 0.2) is 5.78 Å². The second-order valence-electron chi connectivity index (χ2n) is 7.68. The maximum atomic E-state index is 13.3. The van der Waals surface area contributed by atoms with Crippen LogP contribution in [0.15, 0.2) is 48.9 Å². The molecule has 3 aromatic rings. The molecule has 1 aliphatic heterocycles. The van der Waals surface area contributed by atoms with Gasteiger partial charge in [0.2, 0.25) is 0 Å². The third kappa shape index (κ3) is 3.95. The number of hydrogen-bond acceptors (Lipinski definition) is 4. The van der Waals surface area contributed by atoms with Crippen LogP contribution in [0.4, 0.5) is 18.9 Å². The summed E-state index contributed by atoms with van der Waals surface area (Å²) in [5.74, 6) is -1.35. The summed E-state index contributed by atoms with van der Waals surface area (Å²) in [4.78, 5) is 29.9. The van der Waals surface area contributed by atoms with Crippen molar-refractivity contribution in [1.29, 1.82) is 0 Å². The van der Waals surface area contributed by atoms with E-state index in [1.54, 1.807) is 16.9 Å². The normalized spacial score (nSPS) is 18.5. The van der Waals surface area contributed by atoms with E-state index >= 15 is 0 Å². The van der Waals surface area contributed by atoms with Crippen molar-refractivity contribution in [3.63, 3.8) is 0 Å². The number of hydrogen-bond donors (Lipinski definition) is 1. The van der Waals surface area contributed by atoms with Crippen LogP contribution in [-0.4, -0.2) is 26.5 Å². The quantitative estimate of drug-likeness (QED) is 0.651. The molecule has 160 valence electrons. The molecule has 2 atom stereocenters. The van der Waals surface area contributed by atoms with Gasteiger partial charge in [-0.15, -0.1) is 0 Å². The zero-order valence-corrected chi connectivity index (χ0v) is 16.8. The van der Waals surface area contributed by atoms with Gasteiger partial charge >= 0.3 is 6.18 Å². The zero-order chi connectivity index (χ0) is 22.3. The first-order valence-corrected chi connectivity index (χ1v) is 9.67. The van der Waals surface area contributed by atoms with Gasteiger partial charge in [-0.2, -0.15) is 18.3 Å². The molecule has 0 spiro atoms. The fraction of sp³-hybridized carbons (Fsp3) is 0.273. The lowest BCUT2D eigenvalue weighted by atomic mass is 9.84. The summed E-state index contributed by atoms with van der Waals surface area (Å²) in [6.07, 6.45) is 0.420. The summed E-state index contributed by atoms with van der Waals surface area (Å²) in [5, 5.41) is 6.96. The SMILES string of the molecule is Cc1cncc(C(=O)Nc2cnn3c2C(=O)C(c2ccc(C(F)(F)F)cc2)C[C@@H]3C)c1. The number of aromatic nitrogens is 3. The number of pyridine rings is 1. The maximum absolute atomic E-state index is 13.3. The third-order valence-electron chi connectivity index (χ3n) is 5.37. The first-order chi connectivity index (χ1) is 14.6. The Bertz CT molecular complexity index is 1150. The van der Waals surface area contributed by atoms with E-state index in [1.807, 2.05) is 13.8 Å². The molecule has 6 nitrogen and oxygen atoms in total. The molecule has 1 unspecified atom stereocenters. The summed E-state index contributed by atoms with van der Waals surface area (Å²) in [6.45, 7) is 3.68. The highest BCUT2D eigenvalue weighted by atomic mass is 19.4. The fourth-order valence-corrected chi connectivity index (χ4v) is 3.81. The highest BCUT2D eigenvalue weighted by molar-refractivity contribution is 6.10. The number of halogens is 3. The van der Waals surface area contributed by atoms with Crippen LogP contribution in [-0.2, 0) is 6.18 Å². The molecule has 0 aliphatic carbocycles.